The maximum absolute atomic E-state index is 11.5. The summed E-state index contributed by atoms with van der Waals surface area (Å²) in [6.45, 7) is 6.34. The smallest absolute Gasteiger partial charge is 0.220 e. The second-order valence-corrected chi connectivity index (χ2v) is 6.67. The number of amides is 1. The summed E-state index contributed by atoms with van der Waals surface area (Å²) in [4.78, 5) is 18.1. The van der Waals surface area contributed by atoms with Crippen molar-refractivity contribution in [2.45, 2.75) is 51.7 Å². The minimum atomic E-state index is 0.138. The molecule has 0 spiro atoms. The third kappa shape index (κ3) is 4.41. The zero-order valence-corrected chi connectivity index (χ0v) is 14.2. The lowest BCUT2D eigenvalue weighted by atomic mass is 10.1. The summed E-state index contributed by atoms with van der Waals surface area (Å²) in [5.41, 5.74) is 1.97. The van der Waals surface area contributed by atoms with Crippen LogP contribution in [0.2, 0.25) is 0 Å². The van der Waals surface area contributed by atoms with Crippen LogP contribution in [0.3, 0.4) is 0 Å². The second kappa shape index (κ2) is 7.57. The lowest BCUT2D eigenvalue weighted by Crippen LogP contribution is -2.38. The summed E-state index contributed by atoms with van der Waals surface area (Å²) < 4.78 is 5.48. The Morgan fingerprint density at radius 3 is 2.88 bits per heavy atom. The van der Waals surface area contributed by atoms with Crippen LogP contribution in [0.15, 0.2) is 35.0 Å². The maximum atomic E-state index is 11.5. The topological polar surface area (TPSA) is 71.3 Å². The van der Waals surface area contributed by atoms with Crippen LogP contribution in [0.5, 0.6) is 0 Å². The van der Waals surface area contributed by atoms with Crippen molar-refractivity contribution in [1.82, 2.24) is 20.4 Å². The van der Waals surface area contributed by atoms with Crippen LogP contribution in [-0.4, -0.2) is 33.5 Å². The van der Waals surface area contributed by atoms with Crippen LogP contribution in [0.25, 0.3) is 0 Å². The van der Waals surface area contributed by atoms with Crippen molar-refractivity contribution in [3.05, 3.63) is 47.6 Å². The number of nitrogens with one attached hydrogen (secondary N) is 1. The van der Waals surface area contributed by atoms with Gasteiger partial charge in [-0.15, -0.1) is 0 Å². The van der Waals surface area contributed by atoms with Crippen molar-refractivity contribution in [3.63, 3.8) is 0 Å². The molecule has 1 aliphatic rings. The van der Waals surface area contributed by atoms with Crippen molar-refractivity contribution in [3.8, 4) is 0 Å². The number of nitrogens with zero attached hydrogens (tertiary/aromatic N) is 3. The largest absolute Gasteiger partial charge is 0.360 e. The van der Waals surface area contributed by atoms with Gasteiger partial charge in [0.2, 0.25) is 5.91 Å². The first-order valence-corrected chi connectivity index (χ1v) is 8.47. The SMILES string of the molecule is CC(C)c1cc(CN(Cc2ccccn2)C[C@@H]2CCC(=O)N2)on1. The predicted molar refractivity (Wildman–Crippen MR) is 90.1 cm³/mol. The lowest BCUT2D eigenvalue weighted by molar-refractivity contribution is -0.119. The Morgan fingerprint density at radius 2 is 2.25 bits per heavy atom. The number of hydrogen-bond acceptors (Lipinski definition) is 5. The van der Waals surface area contributed by atoms with Gasteiger partial charge >= 0.3 is 0 Å². The van der Waals surface area contributed by atoms with Gasteiger partial charge in [-0.1, -0.05) is 25.1 Å². The molecular weight excluding hydrogens is 304 g/mol. The summed E-state index contributed by atoms with van der Waals surface area (Å²) in [6.07, 6.45) is 3.29. The molecule has 1 saturated heterocycles. The number of rotatable bonds is 7. The van der Waals surface area contributed by atoms with E-state index in [-0.39, 0.29) is 11.9 Å². The number of carbonyl (C=O) groups excluding carboxylic acids is 1. The highest BCUT2D eigenvalue weighted by Crippen LogP contribution is 2.17. The molecule has 1 aliphatic heterocycles. The van der Waals surface area contributed by atoms with Crippen LogP contribution < -0.4 is 5.32 Å². The molecule has 1 N–H and O–H groups in total. The fourth-order valence-corrected chi connectivity index (χ4v) is 2.93. The highest BCUT2D eigenvalue weighted by atomic mass is 16.5. The molecule has 6 heteroatoms. The Labute approximate surface area is 142 Å². The first-order valence-electron chi connectivity index (χ1n) is 8.47. The Hall–Kier alpha value is -2.21. The van der Waals surface area contributed by atoms with Gasteiger partial charge in [-0.25, -0.2) is 0 Å². The van der Waals surface area contributed by atoms with Crippen LogP contribution in [0, 0.1) is 0 Å². The Morgan fingerprint density at radius 1 is 1.38 bits per heavy atom. The minimum Gasteiger partial charge on any atom is -0.360 e. The molecule has 0 radical (unpaired) electrons. The monoisotopic (exact) mass is 328 g/mol. The predicted octanol–water partition coefficient (Wildman–Crippen LogP) is 2.47. The summed E-state index contributed by atoms with van der Waals surface area (Å²) in [7, 11) is 0. The molecule has 3 heterocycles. The molecule has 6 nitrogen and oxygen atoms in total. The molecule has 0 aromatic carbocycles. The van der Waals surface area contributed by atoms with Crippen molar-refractivity contribution in [2.75, 3.05) is 6.54 Å². The van der Waals surface area contributed by atoms with E-state index < -0.39 is 0 Å². The van der Waals surface area contributed by atoms with E-state index in [1.807, 2.05) is 24.3 Å². The fraction of sp³-hybridized carbons (Fsp3) is 0.500. The van der Waals surface area contributed by atoms with Gasteiger partial charge in [0.15, 0.2) is 5.76 Å². The second-order valence-electron chi connectivity index (χ2n) is 6.67. The molecule has 128 valence electrons. The number of carbonyl (C=O) groups is 1. The van der Waals surface area contributed by atoms with E-state index in [4.69, 9.17) is 4.52 Å². The van der Waals surface area contributed by atoms with Gasteiger partial charge < -0.3 is 9.84 Å². The van der Waals surface area contributed by atoms with Gasteiger partial charge in [-0.3, -0.25) is 14.7 Å². The molecule has 24 heavy (non-hydrogen) atoms. The molecule has 0 bridgehead atoms. The Bertz CT molecular complexity index is 669. The lowest BCUT2D eigenvalue weighted by Gasteiger charge is -2.24. The maximum Gasteiger partial charge on any atom is 0.220 e. The van der Waals surface area contributed by atoms with Crippen molar-refractivity contribution in [2.24, 2.45) is 0 Å². The molecule has 1 fully saturated rings. The quantitative estimate of drug-likeness (QED) is 0.845. The Balaban J connectivity index is 1.69. The number of aromatic nitrogens is 2. The van der Waals surface area contributed by atoms with Gasteiger partial charge in [-0.05, 0) is 24.5 Å². The van der Waals surface area contributed by atoms with E-state index in [0.29, 0.717) is 25.4 Å². The molecule has 0 aliphatic carbocycles. The van der Waals surface area contributed by atoms with E-state index in [1.54, 1.807) is 6.20 Å². The van der Waals surface area contributed by atoms with E-state index in [1.165, 1.54) is 0 Å². The average molecular weight is 328 g/mol. The minimum absolute atomic E-state index is 0.138. The van der Waals surface area contributed by atoms with Crippen LogP contribution in [0.1, 0.15) is 49.8 Å². The third-order valence-electron chi connectivity index (χ3n) is 4.22. The summed E-state index contributed by atoms with van der Waals surface area (Å²) in [6, 6.07) is 8.12. The fourth-order valence-electron chi connectivity index (χ4n) is 2.93. The molecule has 2 aromatic rings. The molecule has 0 unspecified atom stereocenters. The summed E-state index contributed by atoms with van der Waals surface area (Å²) in [5.74, 6) is 1.33. The van der Waals surface area contributed by atoms with Crippen molar-refractivity contribution < 1.29 is 9.32 Å². The first-order chi connectivity index (χ1) is 11.6. The summed E-state index contributed by atoms with van der Waals surface area (Å²) in [5, 5.41) is 7.16. The van der Waals surface area contributed by atoms with Gasteiger partial charge in [0.1, 0.15) is 0 Å². The molecule has 1 atom stereocenters. The van der Waals surface area contributed by atoms with Gasteiger partial charge in [-0.2, -0.15) is 0 Å². The van der Waals surface area contributed by atoms with Crippen molar-refractivity contribution in [1.29, 1.82) is 0 Å². The van der Waals surface area contributed by atoms with E-state index >= 15 is 0 Å². The average Bonchev–Trinajstić information content (AvgIpc) is 3.18. The van der Waals surface area contributed by atoms with E-state index in [9.17, 15) is 4.79 Å². The van der Waals surface area contributed by atoms with Crippen LogP contribution in [-0.2, 0) is 17.9 Å². The highest BCUT2D eigenvalue weighted by molar-refractivity contribution is 5.78. The highest BCUT2D eigenvalue weighted by Gasteiger charge is 2.24. The van der Waals surface area contributed by atoms with Gasteiger partial charge in [0.25, 0.3) is 0 Å². The van der Waals surface area contributed by atoms with Crippen LogP contribution in [0.4, 0.5) is 0 Å². The third-order valence-corrected chi connectivity index (χ3v) is 4.22. The van der Waals surface area contributed by atoms with Crippen LogP contribution >= 0.6 is 0 Å². The molecule has 1 amide bonds. The normalized spacial score (nSPS) is 17.7. The standard InChI is InChI=1S/C18H24N4O2/c1-13(2)17-9-16(24-21-17)12-22(10-14-5-3-4-8-19-14)11-15-6-7-18(23)20-15/h3-5,8-9,13,15H,6-7,10-12H2,1-2H3,(H,20,23)/t15-/m0/s1. The van der Waals surface area contributed by atoms with Gasteiger partial charge in [0.05, 0.1) is 17.9 Å². The van der Waals surface area contributed by atoms with Crippen molar-refractivity contribution >= 4 is 5.91 Å². The number of hydrogen-bond donors (Lipinski definition) is 1. The summed E-state index contributed by atoms with van der Waals surface area (Å²) >= 11 is 0. The van der Waals surface area contributed by atoms with Gasteiger partial charge in [0, 0.05) is 37.8 Å². The number of pyridine rings is 1. The van der Waals surface area contributed by atoms with E-state index in [0.717, 1.165) is 30.1 Å². The first kappa shape index (κ1) is 16.6. The zero-order valence-electron chi connectivity index (χ0n) is 14.2. The molecular formula is C18H24N4O2. The Kier molecular flexibility index (Phi) is 5.25. The van der Waals surface area contributed by atoms with E-state index in [2.05, 4.69) is 34.2 Å². The molecule has 0 saturated carbocycles. The molecule has 3 rings (SSSR count). The zero-order chi connectivity index (χ0) is 16.9. The molecule has 2 aromatic heterocycles.